The average Bonchev–Trinajstić information content (AvgIpc) is 2.53. The van der Waals surface area contributed by atoms with Gasteiger partial charge in [-0.15, -0.1) is 12.4 Å². The van der Waals surface area contributed by atoms with E-state index in [1.807, 2.05) is 18.2 Å². The standard InChI is InChI=1S/C19H21NO.ClH/c1-2-7-18(21)19(20)17-12-13-8-3-4-9-14(13)15-10-5-6-11-16(15)17;/h3-6,8-12,18-19,21H,2,7,20H2,1H3;1H/t18-,19+;/m1./s1. The molecule has 0 radical (unpaired) electrons. The van der Waals surface area contributed by atoms with Crippen LogP contribution < -0.4 is 5.73 Å². The molecule has 0 aliphatic heterocycles. The summed E-state index contributed by atoms with van der Waals surface area (Å²) in [5.74, 6) is 0. The zero-order valence-electron chi connectivity index (χ0n) is 12.7. The highest BCUT2D eigenvalue weighted by atomic mass is 35.5. The predicted octanol–water partition coefficient (Wildman–Crippen LogP) is 4.58. The molecule has 0 saturated heterocycles. The lowest BCUT2D eigenvalue weighted by atomic mass is 9.90. The molecule has 3 heteroatoms. The number of nitrogens with two attached hydrogens (primary N) is 1. The molecule has 3 aromatic carbocycles. The summed E-state index contributed by atoms with van der Waals surface area (Å²) in [5, 5.41) is 15.0. The third kappa shape index (κ3) is 2.95. The maximum absolute atomic E-state index is 10.3. The van der Waals surface area contributed by atoms with Gasteiger partial charge >= 0.3 is 0 Å². The lowest BCUT2D eigenvalue weighted by molar-refractivity contribution is 0.135. The Kier molecular flexibility index (Phi) is 5.41. The number of aliphatic hydroxyl groups is 1. The molecule has 0 aliphatic rings. The van der Waals surface area contributed by atoms with Crippen molar-refractivity contribution >= 4 is 34.0 Å². The number of halogens is 1. The Hall–Kier alpha value is -1.61. The van der Waals surface area contributed by atoms with Gasteiger partial charge in [-0.25, -0.2) is 0 Å². The molecule has 3 aromatic rings. The minimum atomic E-state index is -0.500. The third-order valence-electron chi connectivity index (χ3n) is 4.16. The quantitative estimate of drug-likeness (QED) is 0.692. The van der Waals surface area contributed by atoms with Crippen molar-refractivity contribution < 1.29 is 5.11 Å². The molecular weight excluding hydrogens is 294 g/mol. The Morgan fingerprint density at radius 3 is 2.23 bits per heavy atom. The first kappa shape index (κ1) is 16.8. The van der Waals surface area contributed by atoms with Gasteiger partial charge in [0.05, 0.1) is 12.1 Å². The molecule has 3 N–H and O–H groups in total. The molecule has 22 heavy (non-hydrogen) atoms. The first-order chi connectivity index (χ1) is 10.2. The number of hydrogen-bond acceptors (Lipinski definition) is 2. The van der Waals surface area contributed by atoms with Crippen LogP contribution in [0.4, 0.5) is 0 Å². The fourth-order valence-corrected chi connectivity index (χ4v) is 3.04. The summed E-state index contributed by atoms with van der Waals surface area (Å²) in [7, 11) is 0. The third-order valence-corrected chi connectivity index (χ3v) is 4.16. The smallest absolute Gasteiger partial charge is 0.0732 e. The molecule has 0 amide bonds. The second-order valence-corrected chi connectivity index (χ2v) is 5.61. The van der Waals surface area contributed by atoms with E-state index in [0.29, 0.717) is 0 Å². The van der Waals surface area contributed by atoms with Crippen LogP contribution in [0.3, 0.4) is 0 Å². The molecule has 0 spiro atoms. The first-order valence-corrected chi connectivity index (χ1v) is 7.56. The fraction of sp³-hybridized carbons (Fsp3) is 0.263. The van der Waals surface area contributed by atoms with Crippen molar-refractivity contribution in [3.63, 3.8) is 0 Å². The van der Waals surface area contributed by atoms with E-state index in [2.05, 4.69) is 43.3 Å². The maximum atomic E-state index is 10.3. The van der Waals surface area contributed by atoms with Gasteiger partial charge in [0, 0.05) is 0 Å². The van der Waals surface area contributed by atoms with E-state index in [1.165, 1.54) is 16.2 Å². The molecule has 2 nitrogen and oxygen atoms in total. The van der Waals surface area contributed by atoms with Crippen molar-refractivity contribution in [3.8, 4) is 0 Å². The van der Waals surface area contributed by atoms with Crippen molar-refractivity contribution in [1.29, 1.82) is 0 Å². The van der Waals surface area contributed by atoms with Gasteiger partial charge in [0.2, 0.25) is 0 Å². The van der Waals surface area contributed by atoms with Crippen LogP contribution in [-0.4, -0.2) is 11.2 Å². The summed E-state index contributed by atoms with van der Waals surface area (Å²) in [4.78, 5) is 0. The number of hydrogen-bond donors (Lipinski definition) is 2. The van der Waals surface area contributed by atoms with E-state index in [1.54, 1.807) is 0 Å². The zero-order valence-corrected chi connectivity index (χ0v) is 13.5. The van der Waals surface area contributed by atoms with Gasteiger partial charge in [0.15, 0.2) is 0 Å². The SMILES string of the molecule is CCC[C@@H](O)[C@@H](N)c1cc2ccccc2c2ccccc12.Cl. The summed E-state index contributed by atoms with van der Waals surface area (Å²) >= 11 is 0. The van der Waals surface area contributed by atoms with Crippen LogP contribution in [0.2, 0.25) is 0 Å². The van der Waals surface area contributed by atoms with Crippen molar-refractivity contribution in [2.45, 2.75) is 31.9 Å². The highest BCUT2D eigenvalue weighted by Crippen LogP contribution is 2.32. The molecule has 0 aliphatic carbocycles. The maximum Gasteiger partial charge on any atom is 0.0732 e. The van der Waals surface area contributed by atoms with E-state index in [0.717, 1.165) is 23.8 Å². The Balaban J connectivity index is 0.00000176. The van der Waals surface area contributed by atoms with Gasteiger partial charge in [-0.2, -0.15) is 0 Å². The summed E-state index contributed by atoms with van der Waals surface area (Å²) in [6.07, 6.45) is 1.16. The molecule has 2 atom stereocenters. The minimum Gasteiger partial charge on any atom is -0.391 e. The van der Waals surface area contributed by atoms with Crippen LogP contribution in [-0.2, 0) is 0 Å². The zero-order chi connectivity index (χ0) is 14.8. The Morgan fingerprint density at radius 1 is 0.955 bits per heavy atom. The number of fused-ring (bicyclic) bond motifs is 3. The number of rotatable bonds is 4. The van der Waals surface area contributed by atoms with Crippen molar-refractivity contribution in [2.24, 2.45) is 5.73 Å². The fourth-order valence-electron chi connectivity index (χ4n) is 3.04. The van der Waals surface area contributed by atoms with E-state index < -0.39 is 6.10 Å². The molecule has 0 heterocycles. The van der Waals surface area contributed by atoms with E-state index in [9.17, 15) is 5.11 Å². The monoisotopic (exact) mass is 315 g/mol. The average molecular weight is 316 g/mol. The van der Waals surface area contributed by atoms with Gasteiger partial charge in [-0.3, -0.25) is 0 Å². The van der Waals surface area contributed by atoms with Crippen LogP contribution in [0.1, 0.15) is 31.4 Å². The molecule has 0 fully saturated rings. The number of aliphatic hydroxyl groups excluding tert-OH is 1. The van der Waals surface area contributed by atoms with Gasteiger partial charge < -0.3 is 10.8 Å². The van der Waals surface area contributed by atoms with Crippen LogP contribution in [0.25, 0.3) is 21.5 Å². The predicted molar refractivity (Wildman–Crippen MR) is 96.5 cm³/mol. The minimum absolute atomic E-state index is 0. The highest BCUT2D eigenvalue weighted by molar-refractivity contribution is 6.09. The summed E-state index contributed by atoms with van der Waals surface area (Å²) < 4.78 is 0. The topological polar surface area (TPSA) is 46.2 Å². The van der Waals surface area contributed by atoms with Gasteiger partial charge in [-0.1, -0.05) is 61.9 Å². The van der Waals surface area contributed by atoms with Crippen LogP contribution >= 0.6 is 12.4 Å². The molecule has 0 aromatic heterocycles. The Bertz CT molecular complexity index is 772. The summed E-state index contributed by atoms with van der Waals surface area (Å²) in [6.45, 7) is 2.06. The van der Waals surface area contributed by atoms with Crippen LogP contribution in [0.15, 0.2) is 54.6 Å². The second kappa shape index (κ2) is 7.10. The first-order valence-electron chi connectivity index (χ1n) is 7.56. The van der Waals surface area contributed by atoms with Gasteiger partial charge in [0.25, 0.3) is 0 Å². The van der Waals surface area contributed by atoms with E-state index >= 15 is 0 Å². The molecule has 116 valence electrons. The molecule has 0 unspecified atom stereocenters. The number of benzene rings is 3. The van der Waals surface area contributed by atoms with E-state index in [4.69, 9.17) is 5.73 Å². The van der Waals surface area contributed by atoms with Gasteiger partial charge in [0.1, 0.15) is 0 Å². The molecule has 0 saturated carbocycles. The lowest BCUT2D eigenvalue weighted by Gasteiger charge is -2.21. The van der Waals surface area contributed by atoms with Crippen LogP contribution in [0, 0.1) is 0 Å². The Labute approximate surface area is 137 Å². The van der Waals surface area contributed by atoms with E-state index in [-0.39, 0.29) is 18.4 Å². The summed E-state index contributed by atoms with van der Waals surface area (Å²) in [6, 6.07) is 18.4. The van der Waals surface area contributed by atoms with Crippen molar-refractivity contribution in [3.05, 3.63) is 60.2 Å². The van der Waals surface area contributed by atoms with Crippen molar-refractivity contribution in [1.82, 2.24) is 0 Å². The molecule has 0 bridgehead atoms. The molecule has 3 rings (SSSR count). The highest BCUT2D eigenvalue weighted by Gasteiger charge is 2.19. The lowest BCUT2D eigenvalue weighted by Crippen LogP contribution is -2.26. The normalized spacial score (nSPS) is 13.8. The molecular formula is C19H22ClNO. The van der Waals surface area contributed by atoms with Gasteiger partial charge in [-0.05, 0) is 39.6 Å². The summed E-state index contributed by atoms with van der Waals surface area (Å²) in [5.41, 5.74) is 7.36. The Morgan fingerprint density at radius 2 is 1.55 bits per heavy atom. The largest absolute Gasteiger partial charge is 0.391 e. The van der Waals surface area contributed by atoms with Crippen LogP contribution in [0.5, 0.6) is 0 Å². The van der Waals surface area contributed by atoms with Crippen molar-refractivity contribution in [2.75, 3.05) is 0 Å². The second-order valence-electron chi connectivity index (χ2n) is 5.61.